The third-order valence-corrected chi connectivity index (χ3v) is 5.17. The van der Waals surface area contributed by atoms with E-state index in [0.717, 1.165) is 35.3 Å². The fourth-order valence-electron chi connectivity index (χ4n) is 3.91. The fourth-order valence-corrected chi connectivity index (χ4v) is 3.91. The second-order valence-corrected chi connectivity index (χ2v) is 8.14. The lowest BCUT2D eigenvalue weighted by Crippen LogP contribution is -2.37. The molecule has 0 spiro atoms. The SMILES string of the molecule is CC1(C)Cc2c(cnn2-c2ccc(F)cc2)[C@H](NC(=O)Cc2cccnc2)C1. The van der Waals surface area contributed by atoms with E-state index in [1.165, 1.54) is 12.1 Å². The maximum Gasteiger partial charge on any atom is 0.224 e. The molecular formula is C22H23FN4O. The van der Waals surface area contributed by atoms with Gasteiger partial charge >= 0.3 is 0 Å². The molecule has 0 radical (unpaired) electrons. The number of hydrogen-bond donors (Lipinski definition) is 1. The maximum absolute atomic E-state index is 13.3. The van der Waals surface area contributed by atoms with Crippen LogP contribution in [0.15, 0.2) is 55.0 Å². The van der Waals surface area contributed by atoms with Crippen LogP contribution in [0.3, 0.4) is 0 Å². The number of amides is 1. The molecule has 0 aliphatic heterocycles. The number of rotatable bonds is 4. The Balaban J connectivity index is 1.60. The summed E-state index contributed by atoms with van der Waals surface area (Å²) in [6.45, 7) is 4.39. The lowest BCUT2D eigenvalue weighted by Gasteiger charge is -2.36. The molecule has 144 valence electrons. The van der Waals surface area contributed by atoms with Gasteiger partial charge in [-0.1, -0.05) is 19.9 Å². The Bertz CT molecular complexity index is 980. The van der Waals surface area contributed by atoms with Crippen LogP contribution < -0.4 is 5.32 Å². The molecule has 5 nitrogen and oxygen atoms in total. The first kappa shape index (κ1) is 18.3. The van der Waals surface area contributed by atoms with Crippen LogP contribution in [0.4, 0.5) is 4.39 Å². The van der Waals surface area contributed by atoms with Crippen molar-refractivity contribution in [2.24, 2.45) is 5.41 Å². The third kappa shape index (κ3) is 3.81. The summed E-state index contributed by atoms with van der Waals surface area (Å²) in [4.78, 5) is 16.7. The molecule has 1 amide bonds. The number of aromatic nitrogens is 3. The van der Waals surface area contributed by atoms with E-state index >= 15 is 0 Å². The third-order valence-electron chi connectivity index (χ3n) is 5.17. The summed E-state index contributed by atoms with van der Waals surface area (Å²) in [6, 6.07) is 9.94. The van der Waals surface area contributed by atoms with Crippen molar-refractivity contribution in [3.8, 4) is 5.69 Å². The smallest absolute Gasteiger partial charge is 0.224 e. The summed E-state index contributed by atoms with van der Waals surface area (Å²) in [6.07, 6.45) is 7.21. The molecule has 0 saturated carbocycles. The first-order valence-electron chi connectivity index (χ1n) is 9.42. The summed E-state index contributed by atoms with van der Waals surface area (Å²) < 4.78 is 15.2. The van der Waals surface area contributed by atoms with Crippen LogP contribution in [0, 0.1) is 11.2 Å². The van der Waals surface area contributed by atoms with Crippen LogP contribution in [0.5, 0.6) is 0 Å². The average molecular weight is 378 g/mol. The molecule has 4 rings (SSSR count). The van der Waals surface area contributed by atoms with Gasteiger partial charge in [-0.25, -0.2) is 9.07 Å². The minimum absolute atomic E-state index is 0.0110. The number of nitrogens with zero attached hydrogens (tertiary/aromatic N) is 3. The monoisotopic (exact) mass is 378 g/mol. The highest BCUT2D eigenvalue weighted by atomic mass is 19.1. The molecule has 3 aromatic rings. The van der Waals surface area contributed by atoms with Gasteiger partial charge in [0.05, 0.1) is 30.0 Å². The lowest BCUT2D eigenvalue weighted by molar-refractivity contribution is -0.121. The Morgan fingerprint density at radius 2 is 2.04 bits per heavy atom. The summed E-state index contributed by atoms with van der Waals surface area (Å²) in [5.74, 6) is -0.304. The number of nitrogens with one attached hydrogen (secondary N) is 1. The first-order chi connectivity index (χ1) is 13.4. The van der Waals surface area contributed by atoms with Gasteiger partial charge in [0.1, 0.15) is 5.82 Å². The van der Waals surface area contributed by atoms with E-state index in [9.17, 15) is 9.18 Å². The molecule has 0 saturated heterocycles. The molecule has 6 heteroatoms. The van der Waals surface area contributed by atoms with Gasteiger partial charge in [-0.3, -0.25) is 9.78 Å². The second kappa shape index (κ2) is 7.19. The Labute approximate surface area is 163 Å². The molecule has 1 aliphatic carbocycles. The zero-order chi connectivity index (χ0) is 19.7. The van der Waals surface area contributed by atoms with Crippen molar-refractivity contribution in [1.29, 1.82) is 0 Å². The minimum Gasteiger partial charge on any atom is -0.349 e. The predicted octanol–water partition coefficient (Wildman–Crippen LogP) is 3.78. The highest BCUT2D eigenvalue weighted by Crippen LogP contribution is 2.41. The molecule has 0 unspecified atom stereocenters. The van der Waals surface area contributed by atoms with Gasteiger partial charge in [-0.2, -0.15) is 5.10 Å². The second-order valence-electron chi connectivity index (χ2n) is 8.14. The molecule has 0 bridgehead atoms. The number of hydrogen-bond acceptors (Lipinski definition) is 3. The van der Waals surface area contributed by atoms with Crippen molar-refractivity contribution >= 4 is 5.91 Å². The largest absolute Gasteiger partial charge is 0.349 e. The average Bonchev–Trinajstić information content (AvgIpc) is 3.06. The highest BCUT2D eigenvalue weighted by molar-refractivity contribution is 5.79. The van der Waals surface area contributed by atoms with E-state index in [1.54, 1.807) is 24.5 Å². The summed E-state index contributed by atoms with van der Waals surface area (Å²) in [5.41, 5.74) is 3.81. The normalized spacial score (nSPS) is 17.8. The van der Waals surface area contributed by atoms with Crippen LogP contribution in [0.2, 0.25) is 0 Å². The van der Waals surface area contributed by atoms with Crippen LogP contribution >= 0.6 is 0 Å². The first-order valence-corrected chi connectivity index (χ1v) is 9.42. The number of carbonyl (C=O) groups is 1. The van der Waals surface area contributed by atoms with E-state index < -0.39 is 0 Å². The molecule has 2 heterocycles. The lowest BCUT2D eigenvalue weighted by atomic mass is 9.74. The van der Waals surface area contributed by atoms with Gasteiger partial charge in [0.2, 0.25) is 5.91 Å². The molecule has 1 aromatic carbocycles. The van der Waals surface area contributed by atoms with E-state index in [-0.39, 0.29) is 23.2 Å². The topological polar surface area (TPSA) is 59.8 Å². The van der Waals surface area contributed by atoms with Crippen LogP contribution in [0.1, 0.15) is 43.1 Å². The Kier molecular flexibility index (Phi) is 4.71. The fraction of sp³-hybridized carbons (Fsp3) is 0.318. The van der Waals surface area contributed by atoms with E-state index in [1.807, 2.05) is 23.0 Å². The predicted molar refractivity (Wildman–Crippen MR) is 104 cm³/mol. The summed E-state index contributed by atoms with van der Waals surface area (Å²) in [7, 11) is 0. The van der Waals surface area contributed by atoms with Crippen molar-refractivity contribution in [1.82, 2.24) is 20.1 Å². The van der Waals surface area contributed by atoms with Gasteiger partial charge in [-0.15, -0.1) is 0 Å². The van der Waals surface area contributed by atoms with Gasteiger partial charge in [0.15, 0.2) is 0 Å². The van der Waals surface area contributed by atoms with Crippen LogP contribution in [-0.2, 0) is 17.6 Å². The Morgan fingerprint density at radius 1 is 1.25 bits per heavy atom. The quantitative estimate of drug-likeness (QED) is 0.752. The molecule has 1 aliphatic rings. The maximum atomic E-state index is 13.3. The molecule has 0 fully saturated rings. The molecular weight excluding hydrogens is 355 g/mol. The number of carbonyl (C=O) groups excluding carboxylic acids is 1. The van der Waals surface area contributed by atoms with E-state index in [2.05, 4.69) is 29.2 Å². The number of fused-ring (bicyclic) bond motifs is 1. The number of pyridine rings is 1. The van der Waals surface area contributed by atoms with Crippen molar-refractivity contribution in [3.05, 3.63) is 77.6 Å². The van der Waals surface area contributed by atoms with Crippen molar-refractivity contribution in [3.63, 3.8) is 0 Å². The number of halogens is 1. The van der Waals surface area contributed by atoms with E-state index in [0.29, 0.717) is 6.42 Å². The molecule has 1 N–H and O–H groups in total. The van der Waals surface area contributed by atoms with E-state index in [4.69, 9.17) is 0 Å². The van der Waals surface area contributed by atoms with Gasteiger partial charge in [0.25, 0.3) is 0 Å². The van der Waals surface area contributed by atoms with Crippen molar-refractivity contribution in [2.45, 2.75) is 39.2 Å². The van der Waals surface area contributed by atoms with Crippen LogP contribution in [0.25, 0.3) is 5.69 Å². The van der Waals surface area contributed by atoms with Gasteiger partial charge < -0.3 is 5.32 Å². The summed E-state index contributed by atoms with van der Waals surface area (Å²) >= 11 is 0. The Morgan fingerprint density at radius 3 is 2.75 bits per heavy atom. The van der Waals surface area contributed by atoms with Crippen molar-refractivity contribution < 1.29 is 9.18 Å². The zero-order valence-corrected chi connectivity index (χ0v) is 16.0. The number of benzene rings is 1. The highest BCUT2D eigenvalue weighted by Gasteiger charge is 2.36. The van der Waals surface area contributed by atoms with Crippen molar-refractivity contribution in [2.75, 3.05) is 0 Å². The van der Waals surface area contributed by atoms with Crippen LogP contribution in [-0.4, -0.2) is 20.7 Å². The summed E-state index contributed by atoms with van der Waals surface area (Å²) in [5, 5.41) is 7.71. The molecule has 28 heavy (non-hydrogen) atoms. The molecule has 1 atom stereocenters. The standard InChI is InChI=1S/C22H23FN4O/c1-22(2)11-19(26-21(28)10-15-4-3-9-24-13-15)18-14-25-27(20(18)12-22)17-7-5-16(23)6-8-17/h3-9,13-14,19H,10-12H2,1-2H3,(H,26,28)/t19-/m1/s1. The zero-order valence-electron chi connectivity index (χ0n) is 16.0. The molecule has 2 aromatic heterocycles. The van der Waals surface area contributed by atoms with Gasteiger partial charge in [-0.05, 0) is 54.2 Å². The minimum atomic E-state index is -0.273. The Hall–Kier alpha value is -3.02. The van der Waals surface area contributed by atoms with Gasteiger partial charge in [0, 0.05) is 18.0 Å².